The lowest BCUT2D eigenvalue weighted by Gasteiger charge is -2.31. The molecule has 2 rings (SSSR count). The monoisotopic (exact) mass is 256 g/mol. The van der Waals surface area contributed by atoms with E-state index in [9.17, 15) is 4.79 Å². The summed E-state index contributed by atoms with van der Waals surface area (Å²) < 4.78 is 0.900. The van der Waals surface area contributed by atoms with Crippen molar-refractivity contribution >= 4 is 33.0 Å². The average molecular weight is 257 g/mol. The van der Waals surface area contributed by atoms with Crippen LogP contribution in [0.4, 0.5) is 0 Å². The molecule has 0 atom stereocenters. The second-order valence-electron chi connectivity index (χ2n) is 3.06. The smallest absolute Gasteiger partial charge is 0.136 e. The van der Waals surface area contributed by atoms with Crippen LogP contribution in [0.1, 0.15) is 17.8 Å². The topological polar surface area (TPSA) is 53.8 Å². The van der Waals surface area contributed by atoms with Crippen LogP contribution in [0.2, 0.25) is 0 Å². The second-order valence-corrected chi connectivity index (χ2v) is 5.47. The number of ketones is 1. The van der Waals surface area contributed by atoms with Crippen LogP contribution in [0, 0.1) is 11.3 Å². The molecule has 1 fully saturated rings. The Labute approximate surface area is 87.5 Å². The number of hydrogen-bond donors (Lipinski definition) is 0. The van der Waals surface area contributed by atoms with E-state index in [2.05, 4.69) is 27.0 Å². The lowest BCUT2D eigenvalue weighted by molar-refractivity contribution is -0.126. The number of aromatic nitrogens is 1. The Morgan fingerprint density at radius 1 is 1.69 bits per heavy atom. The Morgan fingerprint density at radius 3 is 2.77 bits per heavy atom. The van der Waals surface area contributed by atoms with E-state index in [-0.39, 0.29) is 5.78 Å². The van der Waals surface area contributed by atoms with Crippen LogP contribution in [0.15, 0.2) is 9.98 Å². The van der Waals surface area contributed by atoms with Crippen LogP contribution in [0.5, 0.6) is 0 Å². The molecule has 0 N–H and O–H groups in total. The molecule has 0 bridgehead atoms. The number of halogens is 1. The predicted molar refractivity (Wildman–Crippen MR) is 51.3 cm³/mol. The molecule has 1 aromatic heterocycles. The molecule has 13 heavy (non-hydrogen) atoms. The molecular weight excluding hydrogens is 252 g/mol. The maximum atomic E-state index is 10.9. The Kier molecular flexibility index (Phi) is 1.97. The minimum atomic E-state index is -0.617. The summed E-state index contributed by atoms with van der Waals surface area (Å²) >= 11 is 4.71. The van der Waals surface area contributed by atoms with E-state index in [1.807, 2.05) is 0 Å². The summed E-state index contributed by atoms with van der Waals surface area (Å²) in [6, 6.07) is 2.18. The van der Waals surface area contributed by atoms with Gasteiger partial charge in [-0.15, -0.1) is 11.3 Å². The van der Waals surface area contributed by atoms with Crippen molar-refractivity contribution in [3.05, 3.63) is 15.0 Å². The van der Waals surface area contributed by atoms with Crippen LogP contribution >= 0.6 is 27.3 Å². The maximum absolute atomic E-state index is 10.9. The van der Waals surface area contributed by atoms with Crippen LogP contribution in [-0.4, -0.2) is 10.8 Å². The molecule has 0 aliphatic heterocycles. The zero-order valence-electron chi connectivity index (χ0n) is 6.58. The molecule has 0 amide bonds. The largest absolute Gasteiger partial charge is 0.300 e. The highest BCUT2D eigenvalue weighted by Crippen LogP contribution is 2.42. The number of rotatable bonds is 1. The minimum absolute atomic E-state index is 0.146. The van der Waals surface area contributed by atoms with E-state index in [1.165, 1.54) is 11.3 Å². The fraction of sp³-hybridized carbons (Fsp3) is 0.375. The van der Waals surface area contributed by atoms with Gasteiger partial charge in [-0.1, -0.05) is 0 Å². The molecule has 0 saturated heterocycles. The molecule has 0 radical (unpaired) electrons. The van der Waals surface area contributed by atoms with E-state index >= 15 is 0 Å². The molecule has 3 nitrogen and oxygen atoms in total. The summed E-state index contributed by atoms with van der Waals surface area (Å²) in [6.07, 6.45) is 2.31. The van der Waals surface area contributed by atoms with Crippen molar-refractivity contribution in [2.75, 3.05) is 0 Å². The molecule has 1 aliphatic carbocycles. The Bertz CT molecular complexity index is 399. The van der Waals surface area contributed by atoms with Crippen molar-refractivity contribution in [3.8, 4) is 6.07 Å². The zero-order valence-corrected chi connectivity index (χ0v) is 8.98. The van der Waals surface area contributed by atoms with Crippen LogP contribution < -0.4 is 0 Å². The van der Waals surface area contributed by atoms with Gasteiger partial charge in [-0.05, 0) is 15.9 Å². The summed E-state index contributed by atoms with van der Waals surface area (Å²) in [6.45, 7) is 0. The number of nitrogens with zero attached hydrogens (tertiary/aromatic N) is 2. The first-order chi connectivity index (χ1) is 6.16. The first kappa shape index (κ1) is 8.85. The van der Waals surface area contributed by atoms with Gasteiger partial charge in [-0.25, -0.2) is 4.98 Å². The van der Waals surface area contributed by atoms with Crippen molar-refractivity contribution < 1.29 is 4.79 Å². The molecule has 66 valence electrons. The molecule has 1 saturated carbocycles. The van der Waals surface area contributed by atoms with E-state index in [0.717, 1.165) is 8.79 Å². The standard InChI is InChI=1S/C8H5BrN2OS/c9-6-3-11-7(13-6)8(4-10)1-5(12)2-8/h3H,1-2H2. The second kappa shape index (κ2) is 2.89. The zero-order chi connectivity index (χ0) is 9.47. The van der Waals surface area contributed by atoms with E-state index in [4.69, 9.17) is 5.26 Å². The maximum Gasteiger partial charge on any atom is 0.136 e. The van der Waals surface area contributed by atoms with Crippen molar-refractivity contribution in [1.29, 1.82) is 5.26 Å². The van der Waals surface area contributed by atoms with E-state index < -0.39 is 5.41 Å². The van der Waals surface area contributed by atoms with Gasteiger partial charge in [-0.3, -0.25) is 4.79 Å². The molecule has 1 aromatic rings. The summed E-state index contributed by atoms with van der Waals surface area (Å²) in [5.41, 5.74) is -0.617. The summed E-state index contributed by atoms with van der Waals surface area (Å²) in [5, 5.41) is 9.72. The highest BCUT2D eigenvalue weighted by atomic mass is 79.9. The lowest BCUT2D eigenvalue weighted by atomic mass is 9.69. The molecule has 0 spiro atoms. The van der Waals surface area contributed by atoms with E-state index in [0.29, 0.717) is 12.8 Å². The third-order valence-electron chi connectivity index (χ3n) is 2.10. The Balaban J connectivity index is 2.35. The fourth-order valence-corrected chi connectivity index (χ4v) is 2.72. The quantitative estimate of drug-likeness (QED) is 0.773. The van der Waals surface area contributed by atoms with Gasteiger partial charge in [0.2, 0.25) is 0 Å². The van der Waals surface area contributed by atoms with E-state index in [1.54, 1.807) is 6.20 Å². The number of carbonyl (C=O) groups excluding carboxylic acids is 1. The SMILES string of the molecule is N#CC1(c2ncc(Br)s2)CC(=O)C1. The van der Waals surface area contributed by atoms with Gasteiger partial charge < -0.3 is 0 Å². The fourth-order valence-electron chi connectivity index (χ4n) is 1.38. The molecule has 0 aromatic carbocycles. The average Bonchev–Trinajstić information content (AvgIpc) is 2.46. The van der Waals surface area contributed by atoms with Gasteiger partial charge in [0.15, 0.2) is 0 Å². The van der Waals surface area contributed by atoms with Crippen molar-refractivity contribution in [1.82, 2.24) is 4.98 Å². The lowest BCUT2D eigenvalue weighted by Crippen LogP contribution is -2.40. The van der Waals surface area contributed by atoms with Gasteiger partial charge in [0.25, 0.3) is 0 Å². The Morgan fingerprint density at radius 2 is 2.38 bits per heavy atom. The predicted octanol–water partition coefficient (Wildman–Crippen LogP) is 2.03. The van der Waals surface area contributed by atoms with Gasteiger partial charge in [0.1, 0.15) is 16.2 Å². The first-order valence-corrected chi connectivity index (χ1v) is 5.32. The van der Waals surface area contributed by atoms with Gasteiger partial charge in [-0.2, -0.15) is 5.26 Å². The summed E-state index contributed by atoms with van der Waals surface area (Å²) in [4.78, 5) is 15.0. The molecular formula is C8H5BrN2OS. The number of nitriles is 1. The third kappa shape index (κ3) is 1.30. The van der Waals surface area contributed by atoms with Crippen LogP contribution in [-0.2, 0) is 10.2 Å². The van der Waals surface area contributed by atoms with Crippen molar-refractivity contribution in [2.45, 2.75) is 18.3 Å². The highest BCUT2D eigenvalue weighted by molar-refractivity contribution is 9.11. The first-order valence-electron chi connectivity index (χ1n) is 3.71. The summed E-state index contributed by atoms with van der Waals surface area (Å²) in [5.74, 6) is 0.146. The van der Waals surface area contributed by atoms with Crippen LogP contribution in [0.3, 0.4) is 0 Å². The number of carbonyl (C=O) groups is 1. The van der Waals surface area contributed by atoms with Gasteiger partial charge >= 0.3 is 0 Å². The summed E-state index contributed by atoms with van der Waals surface area (Å²) in [7, 11) is 0. The number of Topliss-reactive ketones (excluding diaryl/α,β-unsaturated/α-hetero) is 1. The molecule has 1 heterocycles. The number of thiazole rings is 1. The van der Waals surface area contributed by atoms with Gasteiger partial charge in [0, 0.05) is 12.8 Å². The Hall–Kier alpha value is -0.730. The van der Waals surface area contributed by atoms with Gasteiger partial charge in [0.05, 0.1) is 16.1 Å². The normalized spacial score (nSPS) is 19.2. The molecule has 1 aliphatic rings. The van der Waals surface area contributed by atoms with Crippen molar-refractivity contribution in [2.24, 2.45) is 0 Å². The highest BCUT2D eigenvalue weighted by Gasteiger charge is 2.47. The number of hydrogen-bond acceptors (Lipinski definition) is 4. The third-order valence-corrected chi connectivity index (χ3v) is 3.78. The molecule has 0 unspecified atom stereocenters. The minimum Gasteiger partial charge on any atom is -0.300 e. The van der Waals surface area contributed by atoms with Crippen molar-refractivity contribution in [3.63, 3.8) is 0 Å². The molecule has 5 heteroatoms. The van der Waals surface area contributed by atoms with Crippen LogP contribution in [0.25, 0.3) is 0 Å².